The number of halogens is 5. The van der Waals surface area contributed by atoms with E-state index < -0.39 is 33.4 Å². The number of hydrogen-bond acceptors (Lipinski definition) is 5. The van der Waals surface area contributed by atoms with Gasteiger partial charge < -0.3 is 10.5 Å². The summed E-state index contributed by atoms with van der Waals surface area (Å²) in [7, 11) is 0. The molecule has 0 spiro atoms. The van der Waals surface area contributed by atoms with Gasteiger partial charge in [0.05, 0.1) is 22.2 Å². The van der Waals surface area contributed by atoms with Crippen LogP contribution >= 0.6 is 23.2 Å². The van der Waals surface area contributed by atoms with E-state index >= 15 is 0 Å². The first-order chi connectivity index (χ1) is 11.6. The molecule has 0 aliphatic rings. The number of anilines is 1. The molecule has 11 heteroatoms. The number of carbonyl (C=O) groups excluding carboxylic acids is 1. The lowest BCUT2D eigenvalue weighted by molar-refractivity contribution is -0.137. The zero-order chi connectivity index (χ0) is 18.9. The number of esters is 1. The van der Waals surface area contributed by atoms with Crippen molar-refractivity contribution in [2.75, 3.05) is 12.3 Å². The smallest absolute Gasteiger partial charge is 0.416 e. The Morgan fingerprint density at radius 3 is 2.40 bits per heavy atom. The van der Waals surface area contributed by atoms with Crippen molar-refractivity contribution < 1.29 is 22.7 Å². The van der Waals surface area contributed by atoms with E-state index in [-0.39, 0.29) is 23.7 Å². The van der Waals surface area contributed by atoms with Gasteiger partial charge in [0.25, 0.3) is 0 Å². The van der Waals surface area contributed by atoms with Gasteiger partial charge in [-0.15, -0.1) is 0 Å². The predicted molar refractivity (Wildman–Crippen MR) is 83.7 cm³/mol. The van der Waals surface area contributed by atoms with Gasteiger partial charge >= 0.3 is 12.1 Å². The Morgan fingerprint density at radius 1 is 1.40 bits per heavy atom. The van der Waals surface area contributed by atoms with E-state index in [2.05, 4.69) is 5.10 Å². The van der Waals surface area contributed by atoms with Crippen LogP contribution in [0, 0.1) is 11.3 Å². The Morgan fingerprint density at radius 2 is 1.96 bits per heavy atom. The first kappa shape index (κ1) is 18.9. The van der Waals surface area contributed by atoms with E-state index in [0.717, 1.165) is 4.68 Å². The molecule has 0 unspecified atom stereocenters. The molecule has 2 aromatic rings. The van der Waals surface area contributed by atoms with E-state index in [4.69, 9.17) is 38.9 Å². The van der Waals surface area contributed by atoms with Crippen LogP contribution in [0.3, 0.4) is 0 Å². The van der Waals surface area contributed by atoms with Crippen LogP contribution in [-0.4, -0.2) is 22.4 Å². The molecule has 25 heavy (non-hydrogen) atoms. The third kappa shape index (κ3) is 3.50. The normalized spacial score (nSPS) is 11.2. The van der Waals surface area contributed by atoms with Gasteiger partial charge in [0.2, 0.25) is 0 Å². The zero-order valence-electron chi connectivity index (χ0n) is 12.5. The summed E-state index contributed by atoms with van der Waals surface area (Å²) in [6, 6.07) is 2.97. The molecule has 132 valence electrons. The second-order valence-corrected chi connectivity index (χ2v) is 5.45. The highest BCUT2D eigenvalue weighted by Crippen LogP contribution is 2.38. The number of hydrogen-bond donors (Lipinski definition) is 1. The summed E-state index contributed by atoms with van der Waals surface area (Å²) in [5.41, 5.74) is 3.82. The Hall–Kier alpha value is -2.44. The minimum absolute atomic E-state index is 0.0261. The topological polar surface area (TPSA) is 93.9 Å². The molecule has 1 heterocycles. The van der Waals surface area contributed by atoms with Crippen molar-refractivity contribution in [2.45, 2.75) is 13.1 Å². The molecule has 1 aromatic carbocycles. The van der Waals surface area contributed by atoms with E-state index in [0.29, 0.717) is 12.1 Å². The van der Waals surface area contributed by atoms with Gasteiger partial charge in [-0.1, -0.05) is 23.2 Å². The second-order valence-electron chi connectivity index (χ2n) is 4.64. The Labute approximate surface area is 149 Å². The molecular weight excluding hydrogens is 384 g/mol. The molecule has 0 bridgehead atoms. The van der Waals surface area contributed by atoms with Gasteiger partial charge in [0, 0.05) is 0 Å². The second kappa shape index (κ2) is 6.82. The van der Waals surface area contributed by atoms with Crippen LogP contribution in [0.5, 0.6) is 0 Å². The SMILES string of the molecule is CCOC(=O)c1nn(-c2c(Cl)cc(C(F)(F)F)cc2Cl)c(N)c1C#N. The quantitative estimate of drug-likeness (QED) is 0.800. The number of nitriles is 1. The molecule has 0 amide bonds. The summed E-state index contributed by atoms with van der Waals surface area (Å²) in [5.74, 6) is -1.22. The highest BCUT2D eigenvalue weighted by atomic mass is 35.5. The molecule has 0 saturated heterocycles. The summed E-state index contributed by atoms with van der Waals surface area (Å²) < 4.78 is 44.0. The number of rotatable bonds is 3. The van der Waals surface area contributed by atoms with Crippen LogP contribution in [0.4, 0.5) is 19.0 Å². The molecule has 2 N–H and O–H groups in total. The number of aromatic nitrogens is 2. The van der Waals surface area contributed by atoms with Gasteiger partial charge in [0.15, 0.2) is 5.69 Å². The first-order valence-electron chi connectivity index (χ1n) is 6.64. The standard InChI is InChI=1S/C14H9Cl2F3N4O2/c1-2-25-13(24)10-7(5-20)12(21)23(22-10)11-8(15)3-6(4-9(11)16)14(17,18)19/h3-4H,2,21H2,1H3. The number of nitrogens with zero attached hydrogens (tertiary/aromatic N) is 3. The lowest BCUT2D eigenvalue weighted by Gasteiger charge is -2.13. The van der Waals surface area contributed by atoms with Crippen LogP contribution in [0.25, 0.3) is 5.69 Å². The van der Waals surface area contributed by atoms with E-state index in [1.54, 1.807) is 13.0 Å². The van der Waals surface area contributed by atoms with Crippen molar-refractivity contribution in [2.24, 2.45) is 0 Å². The van der Waals surface area contributed by atoms with Crippen molar-refractivity contribution in [3.05, 3.63) is 39.0 Å². The minimum atomic E-state index is -4.66. The fourth-order valence-corrected chi connectivity index (χ4v) is 2.63. The Kier molecular flexibility index (Phi) is 5.15. The third-order valence-electron chi connectivity index (χ3n) is 3.06. The number of nitrogens with two attached hydrogens (primary N) is 1. The summed E-state index contributed by atoms with van der Waals surface area (Å²) in [6.45, 7) is 1.58. The lowest BCUT2D eigenvalue weighted by Crippen LogP contribution is -2.10. The van der Waals surface area contributed by atoms with Crippen LogP contribution < -0.4 is 5.73 Å². The zero-order valence-corrected chi connectivity index (χ0v) is 14.0. The largest absolute Gasteiger partial charge is 0.461 e. The molecule has 0 atom stereocenters. The summed E-state index contributed by atoms with van der Waals surface area (Å²) >= 11 is 11.8. The van der Waals surface area contributed by atoms with Crippen molar-refractivity contribution in [3.8, 4) is 11.8 Å². The minimum Gasteiger partial charge on any atom is -0.461 e. The first-order valence-corrected chi connectivity index (χ1v) is 7.39. The summed E-state index contributed by atoms with van der Waals surface area (Å²) in [5, 5.41) is 12.2. The number of alkyl halides is 3. The lowest BCUT2D eigenvalue weighted by atomic mass is 10.2. The number of nitrogen functional groups attached to an aromatic ring is 1. The predicted octanol–water partition coefficient (Wildman–Crippen LogP) is 3.83. The average Bonchev–Trinajstić information content (AvgIpc) is 2.83. The van der Waals surface area contributed by atoms with E-state index in [1.165, 1.54) is 0 Å². The van der Waals surface area contributed by atoms with Gasteiger partial charge in [-0.2, -0.15) is 23.5 Å². The van der Waals surface area contributed by atoms with Crippen molar-refractivity contribution in [3.63, 3.8) is 0 Å². The molecule has 0 fully saturated rings. The third-order valence-corrected chi connectivity index (χ3v) is 3.63. The maximum Gasteiger partial charge on any atom is 0.416 e. The van der Waals surface area contributed by atoms with Crippen LogP contribution in [0.1, 0.15) is 28.5 Å². The molecule has 0 aliphatic carbocycles. The van der Waals surface area contributed by atoms with Crippen LogP contribution in [0.2, 0.25) is 10.0 Å². The van der Waals surface area contributed by atoms with Crippen LogP contribution in [-0.2, 0) is 10.9 Å². The van der Waals surface area contributed by atoms with Crippen molar-refractivity contribution in [1.29, 1.82) is 5.26 Å². The van der Waals surface area contributed by atoms with Gasteiger partial charge in [-0.05, 0) is 19.1 Å². The maximum atomic E-state index is 12.8. The molecule has 0 aliphatic heterocycles. The fraction of sp³-hybridized carbons (Fsp3) is 0.214. The van der Waals surface area contributed by atoms with Gasteiger partial charge in [-0.3, -0.25) is 0 Å². The molecular formula is C14H9Cl2F3N4O2. The number of benzene rings is 1. The Bertz CT molecular complexity index is 864. The van der Waals surface area contributed by atoms with E-state index in [1.807, 2.05) is 0 Å². The van der Waals surface area contributed by atoms with Crippen molar-refractivity contribution in [1.82, 2.24) is 9.78 Å². The van der Waals surface area contributed by atoms with E-state index in [9.17, 15) is 18.0 Å². The summed E-state index contributed by atoms with van der Waals surface area (Å²) in [6.07, 6.45) is -4.66. The molecule has 2 rings (SSSR count). The highest BCUT2D eigenvalue weighted by molar-refractivity contribution is 6.38. The average molecular weight is 393 g/mol. The maximum absolute atomic E-state index is 12.8. The molecule has 6 nitrogen and oxygen atoms in total. The Balaban J connectivity index is 2.68. The number of carbonyl (C=O) groups is 1. The summed E-state index contributed by atoms with van der Waals surface area (Å²) in [4.78, 5) is 11.9. The van der Waals surface area contributed by atoms with Crippen molar-refractivity contribution >= 4 is 35.0 Å². The van der Waals surface area contributed by atoms with Crippen LogP contribution in [0.15, 0.2) is 12.1 Å². The fourth-order valence-electron chi connectivity index (χ4n) is 1.99. The van der Waals surface area contributed by atoms with Gasteiger partial charge in [-0.25, -0.2) is 9.48 Å². The molecule has 0 saturated carbocycles. The molecule has 0 radical (unpaired) electrons. The van der Waals surface area contributed by atoms with Gasteiger partial charge in [0.1, 0.15) is 23.1 Å². The monoisotopic (exact) mass is 392 g/mol. The number of ether oxygens (including phenoxy) is 1. The molecule has 1 aromatic heterocycles. The highest BCUT2D eigenvalue weighted by Gasteiger charge is 2.33.